The molecule has 2 amide bonds. The first-order valence-electron chi connectivity index (χ1n) is 12.5. The van der Waals surface area contributed by atoms with Gasteiger partial charge < -0.3 is 9.47 Å². The number of ether oxygens (including phenoxy) is 2. The van der Waals surface area contributed by atoms with Gasteiger partial charge in [0.1, 0.15) is 18.2 Å². The van der Waals surface area contributed by atoms with Crippen molar-refractivity contribution in [2.45, 2.75) is 40.3 Å². The van der Waals surface area contributed by atoms with Crippen LogP contribution in [-0.2, 0) is 16.2 Å². The Labute approximate surface area is 223 Å². The Balaban J connectivity index is 1.68. The Morgan fingerprint density at radius 3 is 2.29 bits per heavy atom. The van der Waals surface area contributed by atoms with E-state index in [4.69, 9.17) is 9.47 Å². The maximum Gasteiger partial charge on any atom is 0.272 e. The van der Waals surface area contributed by atoms with Crippen molar-refractivity contribution in [3.63, 3.8) is 0 Å². The molecule has 3 aromatic carbocycles. The molecule has 192 valence electrons. The lowest BCUT2D eigenvalue weighted by molar-refractivity contribution is -0.143. The number of imide groups is 1. The Kier molecular flexibility index (Phi) is 8.08. The van der Waals surface area contributed by atoms with Crippen molar-refractivity contribution in [2.24, 2.45) is 0 Å². The van der Waals surface area contributed by atoms with E-state index >= 15 is 0 Å². The first-order chi connectivity index (χ1) is 18.3. The van der Waals surface area contributed by atoms with Gasteiger partial charge in [0, 0.05) is 5.57 Å². The van der Waals surface area contributed by atoms with Gasteiger partial charge in [0.15, 0.2) is 11.5 Å². The van der Waals surface area contributed by atoms with E-state index in [-0.39, 0.29) is 5.57 Å². The molecule has 0 saturated carbocycles. The molecule has 1 atom stereocenters. The predicted molar refractivity (Wildman–Crippen MR) is 146 cm³/mol. The summed E-state index contributed by atoms with van der Waals surface area (Å²) in [5.74, 6) is 0.104. The van der Waals surface area contributed by atoms with Crippen molar-refractivity contribution in [1.29, 1.82) is 5.26 Å². The summed E-state index contributed by atoms with van der Waals surface area (Å²) in [5, 5.41) is 9.76. The molecule has 1 heterocycles. The highest BCUT2D eigenvalue weighted by Gasteiger charge is 2.38. The van der Waals surface area contributed by atoms with Gasteiger partial charge in [-0.15, -0.1) is 0 Å². The number of aryl methyl sites for hydroxylation is 1. The van der Waals surface area contributed by atoms with E-state index in [2.05, 4.69) is 0 Å². The molecule has 1 aliphatic heterocycles. The van der Waals surface area contributed by atoms with E-state index in [1.54, 1.807) is 32.1 Å². The zero-order valence-corrected chi connectivity index (χ0v) is 22.0. The third-order valence-corrected chi connectivity index (χ3v) is 6.54. The van der Waals surface area contributed by atoms with Crippen LogP contribution in [-0.4, -0.2) is 23.3 Å². The minimum atomic E-state index is -0.585. The van der Waals surface area contributed by atoms with Crippen LogP contribution in [0.2, 0.25) is 0 Å². The second kappa shape index (κ2) is 11.6. The smallest absolute Gasteiger partial charge is 0.272 e. The fourth-order valence-corrected chi connectivity index (χ4v) is 4.35. The first-order valence-corrected chi connectivity index (χ1v) is 12.5. The highest BCUT2D eigenvalue weighted by Crippen LogP contribution is 2.35. The number of nitriles is 1. The molecule has 0 spiro atoms. The Morgan fingerprint density at radius 2 is 1.63 bits per heavy atom. The molecule has 1 aliphatic rings. The van der Waals surface area contributed by atoms with Gasteiger partial charge in [-0.05, 0) is 68.2 Å². The SMILES string of the molecule is CCOc1cc(/C=C2/C(=O)N(C(C)c3ccccc3)C(=O)C(C#N)=C2C)ccc1OCc1ccc(C)cc1. The van der Waals surface area contributed by atoms with E-state index in [1.807, 2.05) is 80.6 Å². The summed E-state index contributed by atoms with van der Waals surface area (Å²) in [4.78, 5) is 27.9. The van der Waals surface area contributed by atoms with Crippen molar-refractivity contribution in [2.75, 3.05) is 6.61 Å². The molecule has 1 unspecified atom stereocenters. The first kappa shape index (κ1) is 26.4. The Bertz CT molecular complexity index is 1450. The van der Waals surface area contributed by atoms with Crippen LogP contribution in [0.25, 0.3) is 6.08 Å². The average molecular weight is 507 g/mol. The van der Waals surface area contributed by atoms with Crippen molar-refractivity contribution >= 4 is 17.9 Å². The summed E-state index contributed by atoms with van der Waals surface area (Å²) >= 11 is 0. The van der Waals surface area contributed by atoms with Crippen LogP contribution in [0, 0.1) is 18.3 Å². The number of rotatable bonds is 8. The van der Waals surface area contributed by atoms with Gasteiger partial charge in [-0.1, -0.05) is 66.2 Å². The summed E-state index contributed by atoms with van der Waals surface area (Å²) in [6, 6.07) is 24.3. The molecule has 0 radical (unpaired) electrons. The number of hydrogen-bond acceptors (Lipinski definition) is 5. The Hall–Kier alpha value is -4.63. The van der Waals surface area contributed by atoms with Crippen LogP contribution in [0.5, 0.6) is 11.5 Å². The van der Waals surface area contributed by atoms with E-state index in [1.165, 1.54) is 5.56 Å². The van der Waals surface area contributed by atoms with Crippen LogP contribution in [0.4, 0.5) is 0 Å². The molecule has 0 bridgehead atoms. The fourth-order valence-electron chi connectivity index (χ4n) is 4.35. The monoisotopic (exact) mass is 506 g/mol. The molecule has 0 saturated heterocycles. The van der Waals surface area contributed by atoms with Gasteiger partial charge in [0.2, 0.25) is 0 Å². The van der Waals surface area contributed by atoms with Crippen molar-refractivity contribution in [1.82, 2.24) is 4.90 Å². The lowest BCUT2D eigenvalue weighted by Crippen LogP contribution is -2.44. The van der Waals surface area contributed by atoms with E-state index in [0.717, 1.165) is 16.0 Å². The maximum absolute atomic E-state index is 13.6. The molecule has 38 heavy (non-hydrogen) atoms. The number of nitrogens with zero attached hydrogens (tertiary/aromatic N) is 2. The number of carbonyl (C=O) groups is 2. The molecule has 6 nitrogen and oxygen atoms in total. The zero-order valence-electron chi connectivity index (χ0n) is 22.0. The third-order valence-electron chi connectivity index (χ3n) is 6.54. The minimum Gasteiger partial charge on any atom is -0.490 e. The quantitative estimate of drug-likeness (QED) is 0.264. The highest BCUT2D eigenvalue weighted by atomic mass is 16.5. The molecular formula is C32H30N2O4. The van der Waals surface area contributed by atoms with Crippen LogP contribution in [0.3, 0.4) is 0 Å². The molecular weight excluding hydrogens is 476 g/mol. The molecule has 0 fully saturated rings. The topological polar surface area (TPSA) is 79.6 Å². The van der Waals surface area contributed by atoms with Crippen LogP contribution in [0.15, 0.2) is 89.5 Å². The summed E-state index contributed by atoms with van der Waals surface area (Å²) in [7, 11) is 0. The van der Waals surface area contributed by atoms with Crippen LogP contribution >= 0.6 is 0 Å². The van der Waals surface area contributed by atoms with Gasteiger partial charge in [-0.3, -0.25) is 14.5 Å². The van der Waals surface area contributed by atoms with Gasteiger partial charge in [-0.2, -0.15) is 5.26 Å². The van der Waals surface area contributed by atoms with Gasteiger partial charge >= 0.3 is 0 Å². The molecule has 0 aliphatic carbocycles. The zero-order chi connectivity index (χ0) is 27.2. The van der Waals surface area contributed by atoms with E-state index < -0.39 is 17.9 Å². The lowest BCUT2D eigenvalue weighted by atomic mass is 9.91. The predicted octanol–water partition coefficient (Wildman–Crippen LogP) is 6.33. The van der Waals surface area contributed by atoms with Crippen molar-refractivity contribution < 1.29 is 19.1 Å². The van der Waals surface area contributed by atoms with E-state index in [9.17, 15) is 14.9 Å². The van der Waals surface area contributed by atoms with Crippen molar-refractivity contribution in [3.05, 3.63) is 112 Å². The molecule has 0 N–H and O–H groups in total. The molecule has 4 rings (SSSR count). The van der Waals surface area contributed by atoms with Crippen LogP contribution < -0.4 is 9.47 Å². The summed E-state index contributed by atoms with van der Waals surface area (Å²) < 4.78 is 11.9. The normalized spacial score (nSPS) is 15.4. The van der Waals surface area contributed by atoms with Crippen LogP contribution in [0.1, 0.15) is 49.1 Å². The number of amides is 2. The standard InChI is InChI=1S/C32H30N2O4/c1-5-37-30-18-25(15-16-29(30)38-20-24-13-11-21(2)12-14-24)17-27-22(3)28(19-33)32(36)34(31(27)35)23(4)26-9-7-6-8-10-26/h6-18,23H,5,20H2,1-4H3/b27-17+. The molecule has 6 heteroatoms. The minimum absolute atomic E-state index is 0.0401. The van der Waals surface area contributed by atoms with E-state index in [0.29, 0.717) is 41.4 Å². The number of benzene rings is 3. The fraction of sp³-hybridized carbons (Fsp3) is 0.219. The van der Waals surface area contributed by atoms with Crippen molar-refractivity contribution in [3.8, 4) is 17.6 Å². The number of hydrogen-bond donors (Lipinski definition) is 0. The average Bonchev–Trinajstić information content (AvgIpc) is 2.92. The lowest BCUT2D eigenvalue weighted by Gasteiger charge is -2.32. The molecule has 0 aromatic heterocycles. The highest BCUT2D eigenvalue weighted by molar-refractivity contribution is 6.20. The van der Waals surface area contributed by atoms with Gasteiger partial charge in [0.05, 0.1) is 12.6 Å². The summed E-state index contributed by atoms with van der Waals surface area (Å²) in [6.07, 6.45) is 1.69. The second-order valence-corrected chi connectivity index (χ2v) is 9.15. The second-order valence-electron chi connectivity index (χ2n) is 9.15. The molecule has 3 aromatic rings. The van der Waals surface area contributed by atoms with Gasteiger partial charge in [-0.25, -0.2) is 0 Å². The number of carbonyl (C=O) groups excluding carboxylic acids is 2. The third kappa shape index (κ3) is 5.52. The summed E-state index contributed by atoms with van der Waals surface area (Å²) in [6.45, 7) is 8.17. The largest absolute Gasteiger partial charge is 0.490 e. The van der Waals surface area contributed by atoms with Gasteiger partial charge in [0.25, 0.3) is 11.8 Å². The maximum atomic E-state index is 13.6. The summed E-state index contributed by atoms with van der Waals surface area (Å²) in [5.41, 5.74) is 4.33. The Morgan fingerprint density at radius 1 is 0.921 bits per heavy atom.